The number of urea groups is 1. The first-order valence-electron chi connectivity index (χ1n) is 7.77. The third kappa shape index (κ3) is 3.95. The van der Waals surface area contributed by atoms with Crippen molar-refractivity contribution in [1.29, 1.82) is 0 Å². The van der Waals surface area contributed by atoms with Gasteiger partial charge < -0.3 is 14.8 Å². The molecule has 2 amide bonds. The number of amides is 2. The van der Waals surface area contributed by atoms with Gasteiger partial charge >= 0.3 is 12.0 Å². The number of nitrogens with one attached hydrogen (secondary N) is 1. The smallest absolute Gasteiger partial charge is 0.341 e. The van der Waals surface area contributed by atoms with Crippen LogP contribution in [0.3, 0.4) is 0 Å². The number of esters is 1. The summed E-state index contributed by atoms with van der Waals surface area (Å²) in [5.41, 5.74) is 1.22. The molecular formula is C17H21BrN2O4. The van der Waals surface area contributed by atoms with E-state index >= 15 is 0 Å². The summed E-state index contributed by atoms with van der Waals surface area (Å²) in [5.74, 6) is -0.371. The van der Waals surface area contributed by atoms with Gasteiger partial charge in [-0.25, -0.2) is 9.79 Å². The van der Waals surface area contributed by atoms with Gasteiger partial charge in [0.1, 0.15) is 11.7 Å². The van der Waals surface area contributed by atoms with Crippen LogP contribution in [-0.2, 0) is 9.53 Å². The molecule has 3 unspecified atom stereocenters. The van der Waals surface area contributed by atoms with Crippen LogP contribution in [0, 0.1) is 5.92 Å². The molecule has 7 heteroatoms. The Kier molecular flexibility index (Phi) is 5.99. The Bertz CT molecular complexity index is 675. The second-order valence-electron chi connectivity index (χ2n) is 5.71. The molecule has 3 atom stereocenters. The van der Waals surface area contributed by atoms with Crippen LogP contribution in [0.15, 0.2) is 27.7 Å². The molecular weight excluding hydrogens is 376 g/mol. The minimum Gasteiger partial charge on any atom is -0.496 e. The van der Waals surface area contributed by atoms with E-state index in [1.165, 1.54) is 0 Å². The Balaban J connectivity index is 2.37. The molecule has 1 N–H and O–H groups in total. The molecule has 24 heavy (non-hydrogen) atoms. The van der Waals surface area contributed by atoms with Crippen LogP contribution in [0.25, 0.3) is 0 Å². The van der Waals surface area contributed by atoms with Crippen molar-refractivity contribution in [2.45, 2.75) is 39.3 Å². The summed E-state index contributed by atoms with van der Waals surface area (Å²) in [5, 5.41) is 2.76. The van der Waals surface area contributed by atoms with Crippen LogP contribution in [0.4, 0.5) is 4.79 Å². The average molecular weight is 397 g/mol. The Labute approximate surface area is 149 Å². The molecule has 0 aliphatic carbocycles. The number of hydrogen-bond donors (Lipinski definition) is 1. The van der Waals surface area contributed by atoms with Crippen molar-refractivity contribution in [3.8, 4) is 5.75 Å². The zero-order valence-corrected chi connectivity index (χ0v) is 15.7. The number of halogens is 1. The predicted molar refractivity (Wildman–Crippen MR) is 94.4 cm³/mol. The molecule has 2 rings (SSSR count). The number of hydrogen-bond acceptors (Lipinski definition) is 4. The topological polar surface area (TPSA) is 77.0 Å². The van der Waals surface area contributed by atoms with E-state index in [2.05, 4.69) is 26.2 Å². The van der Waals surface area contributed by atoms with E-state index in [0.717, 1.165) is 16.5 Å². The number of carbonyl (C=O) groups excluding carboxylic acids is 2. The highest BCUT2D eigenvalue weighted by atomic mass is 79.9. The van der Waals surface area contributed by atoms with Gasteiger partial charge in [-0.05, 0) is 53.9 Å². The quantitative estimate of drug-likeness (QED) is 0.770. The lowest BCUT2D eigenvalue weighted by molar-refractivity contribution is -0.151. The van der Waals surface area contributed by atoms with Gasteiger partial charge in [-0.15, -0.1) is 0 Å². The van der Waals surface area contributed by atoms with Crippen molar-refractivity contribution in [2.24, 2.45) is 10.9 Å². The van der Waals surface area contributed by atoms with Crippen molar-refractivity contribution < 1.29 is 19.1 Å². The van der Waals surface area contributed by atoms with E-state index in [4.69, 9.17) is 9.47 Å². The first kappa shape index (κ1) is 18.4. The van der Waals surface area contributed by atoms with E-state index < -0.39 is 18.0 Å². The summed E-state index contributed by atoms with van der Waals surface area (Å²) in [4.78, 5) is 28.3. The van der Waals surface area contributed by atoms with Crippen molar-refractivity contribution in [3.05, 3.63) is 28.2 Å². The molecule has 6 nitrogen and oxygen atoms in total. The van der Waals surface area contributed by atoms with E-state index in [1.54, 1.807) is 20.1 Å². The monoisotopic (exact) mass is 396 g/mol. The second kappa shape index (κ2) is 7.79. The summed E-state index contributed by atoms with van der Waals surface area (Å²) in [6.45, 7) is 5.46. The zero-order valence-electron chi connectivity index (χ0n) is 14.1. The van der Waals surface area contributed by atoms with Crippen molar-refractivity contribution in [2.75, 3.05) is 7.11 Å². The van der Waals surface area contributed by atoms with Gasteiger partial charge in [0.15, 0.2) is 0 Å². The Hall–Kier alpha value is -1.89. The molecule has 1 heterocycles. The first-order chi connectivity index (χ1) is 11.4. The van der Waals surface area contributed by atoms with Crippen LogP contribution < -0.4 is 10.1 Å². The van der Waals surface area contributed by atoms with Crippen LogP contribution >= 0.6 is 15.9 Å². The normalized spacial score (nSPS) is 21.5. The fraction of sp³-hybridized carbons (Fsp3) is 0.471. The largest absolute Gasteiger partial charge is 0.496 e. The first-order valence-corrected chi connectivity index (χ1v) is 8.56. The van der Waals surface area contributed by atoms with Crippen LogP contribution in [0.5, 0.6) is 5.75 Å². The molecule has 1 aromatic rings. The molecule has 0 aromatic heterocycles. The Morgan fingerprint density at radius 2 is 2.17 bits per heavy atom. The third-order valence-electron chi connectivity index (χ3n) is 4.02. The maximum atomic E-state index is 12.6. The Morgan fingerprint density at radius 3 is 2.75 bits per heavy atom. The number of benzene rings is 1. The standard InChI is InChI=1S/C17H21BrN2O4/c1-5-9(2)24-16(21)14-10(3)19-17(22)20-15(14)11-6-7-13(23-4)12(18)8-11/h6-9,14-15H,5H2,1-4H3,(H,20,22). The number of methoxy groups -OCH3 is 1. The summed E-state index contributed by atoms with van der Waals surface area (Å²) in [7, 11) is 1.57. The highest BCUT2D eigenvalue weighted by molar-refractivity contribution is 9.10. The fourth-order valence-corrected chi connectivity index (χ4v) is 3.09. The van der Waals surface area contributed by atoms with Crippen LogP contribution in [-0.4, -0.2) is 30.9 Å². The van der Waals surface area contributed by atoms with Gasteiger partial charge in [-0.1, -0.05) is 13.0 Å². The van der Waals surface area contributed by atoms with Gasteiger partial charge in [0.25, 0.3) is 0 Å². The number of nitrogens with zero attached hydrogens (tertiary/aromatic N) is 1. The lowest BCUT2D eigenvalue weighted by Crippen LogP contribution is -2.44. The average Bonchev–Trinajstić information content (AvgIpc) is 2.53. The SMILES string of the molecule is CCC(C)OC(=O)C1C(C)=NC(=O)NC1c1ccc(OC)c(Br)c1. The van der Waals surface area contributed by atoms with Crippen molar-refractivity contribution >= 4 is 33.6 Å². The number of carbonyl (C=O) groups is 2. The van der Waals surface area contributed by atoms with Crippen molar-refractivity contribution in [3.63, 3.8) is 0 Å². The summed E-state index contributed by atoms with van der Waals surface area (Å²) in [6.07, 6.45) is 0.533. The predicted octanol–water partition coefficient (Wildman–Crippen LogP) is 3.64. The minimum atomic E-state index is -0.656. The maximum Gasteiger partial charge on any atom is 0.341 e. The molecule has 0 saturated carbocycles. The highest BCUT2D eigenvalue weighted by Crippen LogP contribution is 2.33. The van der Waals surface area contributed by atoms with Gasteiger partial charge in [-0.3, -0.25) is 4.79 Å². The molecule has 1 aliphatic rings. The minimum absolute atomic E-state index is 0.189. The van der Waals surface area contributed by atoms with Crippen LogP contribution in [0.2, 0.25) is 0 Å². The van der Waals surface area contributed by atoms with Crippen LogP contribution in [0.1, 0.15) is 38.8 Å². The molecule has 0 bridgehead atoms. The zero-order chi connectivity index (χ0) is 17.9. The number of rotatable bonds is 5. The number of ether oxygens (including phenoxy) is 2. The molecule has 0 spiro atoms. The van der Waals surface area contributed by atoms with Gasteiger partial charge in [0, 0.05) is 5.71 Å². The molecule has 1 aromatic carbocycles. The molecule has 0 saturated heterocycles. The van der Waals surface area contributed by atoms with E-state index in [1.807, 2.05) is 26.0 Å². The molecule has 0 fully saturated rings. The van der Waals surface area contributed by atoms with Gasteiger partial charge in [0.2, 0.25) is 0 Å². The third-order valence-corrected chi connectivity index (χ3v) is 4.64. The van der Waals surface area contributed by atoms with Gasteiger partial charge in [-0.2, -0.15) is 0 Å². The van der Waals surface area contributed by atoms with E-state index in [-0.39, 0.29) is 12.1 Å². The van der Waals surface area contributed by atoms with Gasteiger partial charge in [0.05, 0.1) is 23.7 Å². The maximum absolute atomic E-state index is 12.6. The lowest BCUT2D eigenvalue weighted by Gasteiger charge is -2.30. The highest BCUT2D eigenvalue weighted by Gasteiger charge is 2.38. The lowest BCUT2D eigenvalue weighted by atomic mass is 9.88. The van der Waals surface area contributed by atoms with Crippen molar-refractivity contribution in [1.82, 2.24) is 5.32 Å². The summed E-state index contributed by atoms with van der Waals surface area (Å²) >= 11 is 3.43. The van der Waals surface area contributed by atoms with E-state index in [9.17, 15) is 9.59 Å². The fourth-order valence-electron chi connectivity index (χ4n) is 2.53. The Morgan fingerprint density at radius 1 is 1.46 bits per heavy atom. The second-order valence-corrected chi connectivity index (χ2v) is 6.56. The molecule has 0 radical (unpaired) electrons. The molecule has 1 aliphatic heterocycles. The summed E-state index contributed by atoms with van der Waals surface area (Å²) in [6, 6.07) is 4.43. The summed E-state index contributed by atoms with van der Waals surface area (Å²) < 4.78 is 11.4. The number of aliphatic imine (C=N–C) groups is 1. The molecule has 130 valence electrons. The van der Waals surface area contributed by atoms with E-state index in [0.29, 0.717) is 11.5 Å².